The number of nitrogens with one attached hydrogen (secondary N) is 1. The molecule has 5 nitrogen and oxygen atoms in total. The average molecular weight is 317 g/mol. The van der Waals surface area contributed by atoms with Gasteiger partial charge in [0.15, 0.2) is 18.2 Å². The second-order valence-corrected chi connectivity index (χ2v) is 4.78. The molecule has 0 fully saturated rings. The standard InChI is InChI=1S/C17H16FNO4/c1-12-6-8-13(9-7-12)23-17(21)10-19-16(20)11-22-15-5-3-2-4-14(15)18/h2-9H,10-11H2,1H3,(H,19,20). The molecule has 2 aromatic rings. The summed E-state index contributed by atoms with van der Waals surface area (Å²) in [5, 5.41) is 2.34. The molecule has 0 heterocycles. The molecule has 0 aliphatic rings. The first-order valence-corrected chi connectivity index (χ1v) is 6.96. The molecule has 0 aliphatic heterocycles. The normalized spacial score (nSPS) is 10.0. The number of rotatable bonds is 6. The van der Waals surface area contributed by atoms with Gasteiger partial charge in [-0.25, -0.2) is 9.18 Å². The van der Waals surface area contributed by atoms with E-state index in [4.69, 9.17) is 9.47 Å². The van der Waals surface area contributed by atoms with Crippen LogP contribution in [0.5, 0.6) is 11.5 Å². The average Bonchev–Trinajstić information content (AvgIpc) is 2.54. The van der Waals surface area contributed by atoms with Crippen LogP contribution in [0, 0.1) is 12.7 Å². The van der Waals surface area contributed by atoms with Crippen molar-refractivity contribution >= 4 is 11.9 Å². The van der Waals surface area contributed by atoms with Gasteiger partial charge in [-0.3, -0.25) is 4.79 Å². The number of hydrogen-bond donors (Lipinski definition) is 1. The summed E-state index contributed by atoms with van der Waals surface area (Å²) in [4.78, 5) is 23.2. The smallest absolute Gasteiger partial charge is 0.330 e. The Balaban J connectivity index is 1.72. The van der Waals surface area contributed by atoms with Gasteiger partial charge in [0.1, 0.15) is 12.3 Å². The molecule has 2 rings (SSSR count). The van der Waals surface area contributed by atoms with Crippen LogP contribution in [0.2, 0.25) is 0 Å². The first-order chi connectivity index (χ1) is 11.0. The topological polar surface area (TPSA) is 64.6 Å². The van der Waals surface area contributed by atoms with Gasteiger partial charge >= 0.3 is 5.97 Å². The summed E-state index contributed by atoms with van der Waals surface area (Å²) in [6.07, 6.45) is 0. The third kappa shape index (κ3) is 5.43. The van der Waals surface area contributed by atoms with Crippen LogP contribution < -0.4 is 14.8 Å². The van der Waals surface area contributed by atoms with Crippen molar-refractivity contribution in [3.05, 3.63) is 59.9 Å². The molecule has 1 N–H and O–H groups in total. The second-order valence-electron chi connectivity index (χ2n) is 4.78. The van der Waals surface area contributed by atoms with Crippen LogP contribution >= 0.6 is 0 Å². The molecule has 0 bridgehead atoms. The fourth-order valence-corrected chi connectivity index (χ4v) is 1.70. The molecule has 1 amide bonds. The van der Waals surface area contributed by atoms with Crippen LogP contribution in [0.4, 0.5) is 4.39 Å². The zero-order chi connectivity index (χ0) is 16.7. The van der Waals surface area contributed by atoms with E-state index in [0.717, 1.165) is 5.56 Å². The number of ether oxygens (including phenoxy) is 2. The number of benzene rings is 2. The molecule has 0 atom stereocenters. The Hall–Kier alpha value is -2.89. The Morgan fingerprint density at radius 1 is 1.09 bits per heavy atom. The maximum absolute atomic E-state index is 13.3. The highest BCUT2D eigenvalue weighted by molar-refractivity contribution is 5.83. The van der Waals surface area contributed by atoms with Crippen LogP contribution in [0.1, 0.15) is 5.56 Å². The predicted molar refractivity (Wildman–Crippen MR) is 81.7 cm³/mol. The van der Waals surface area contributed by atoms with Gasteiger partial charge in [0.2, 0.25) is 0 Å². The minimum absolute atomic E-state index is 0.0233. The molecule has 0 unspecified atom stereocenters. The van der Waals surface area contributed by atoms with Crippen LogP contribution in [0.15, 0.2) is 48.5 Å². The van der Waals surface area contributed by atoms with Gasteiger partial charge in [-0.1, -0.05) is 29.8 Å². The number of halogens is 1. The summed E-state index contributed by atoms with van der Waals surface area (Å²) in [5.74, 6) is -1.33. The van der Waals surface area contributed by atoms with Crippen molar-refractivity contribution in [2.24, 2.45) is 0 Å². The van der Waals surface area contributed by atoms with E-state index < -0.39 is 24.3 Å². The van der Waals surface area contributed by atoms with E-state index in [1.54, 1.807) is 18.2 Å². The van der Waals surface area contributed by atoms with Crippen LogP contribution in [-0.4, -0.2) is 25.0 Å². The molecule has 23 heavy (non-hydrogen) atoms. The quantitative estimate of drug-likeness (QED) is 0.655. The number of para-hydroxylation sites is 1. The lowest BCUT2D eigenvalue weighted by atomic mass is 10.2. The first-order valence-electron chi connectivity index (χ1n) is 6.96. The fraction of sp³-hybridized carbons (Fsp3) is 0.176. The van der Waals surface area contributed by atoms with E-state index in [1.807, 2.05) is 19.1 Å². The molecule has 0 aliphatic carbocycles. The van der Waals surface area contributed by atoms with Crippen molar-refractivity contribution in [3.63, 3.8) is 0 Å². The summed E-state index contributed by atoms with van der Waals surface area (Å²) in [7, 11) is 0. The van der Waals surface area contributed by atoms with Crippen molar-refractivity contribution in [3.8, 4) is 11.5 Å². The Bertz CT molecular complexity index is 685. The highest BCUT2D eigenvalue weighted by Gasteiger charge is 2.09. The van der Waals surface area contributed by atoms with E-state index in [2.05, 4.69) is 5.32 Å². The molecule has 0 aromatic heterocycles. The number of esters is 1. The second kappa shape index (κ2) is 7.93. The highest BCUT2D eigenvalue weighted by Crippen LogP contribution is 2.15. The number of carbonyl (C=O) groups excluding carboxylic acids is 2. The maximum Gasteiger partial charge on any atom is 0.330 e. The maximum atomic E-state index is 13.3. The molecular formula is C17H16FNO4. The Labute approximate surface area is 133 Å². The Morgan fingerprint density at radius 2 is 1.78 bits per heavy atom. The molecular weight excluding hydrogens is 301 g/mol. The SMILES string of the molecule is Cc1ccc(OC(=O)CNC(=O)COc2ccccc2F)cc1. The lowest BCUT2D eigenvalue weighted by Crippen LogP contribution is -2.35. The van der Waals surface area contributed by atoms with Crippen molar-refractivity contribution in [2.75, 3.05) is 13.2 Å². The molecule has 2 aromatic carbocycles. The largest absolute Gasteiger partial charge is 0.481 e. The van der Waals surface area contributed by atoms with E-state index in [0.29, 0.717) is 5.75 Å². The van der Waals surface area contributed by atoms with Crippen molar-refractivity contribution in [1.29, 1.82) is 0 Å². The minimum atomic E-state index is -0.604. The Morgan fingerprint density at radius 3 is 2.48 bits per heavy atom. The number of aryl methyl sites for hydroxylation is 1. The van der Waals surface area contributed by atoms with Gasteiger partial charge in [0.25, 0.3) is 5.91 Å². The first kappa shape index (κ1) is 16.5. The predicted octanol–water partition coefficient (Wildman–Crippen LogP) is 2.23. The summed E-state index contributed by atoms with van der Waals surface area (Å²) in [5.41, 5.74) is 1.04. The van der Waals surface area contributed by atoms with Gasteiger partial charge < -0.3 is 14.8 Å². The van der Waals surface area contributed by atoms with Crippen LogP contribution in [0.3, 0.4) is 0 Å². The summed E-state index contributed by atoms with van der Waals surface area (Å²) >= 11 is 0. The Kier molecular flexibility index (Phi) is 5.68. The third-order valence-electron chi connectivity index (χ3n) is 2.88. The van der Waals surface area contributed by atoms with Gasteiger partial charge in [0, 0.05) is 0 Å². The zero-order valence-electron chi connectivity index (χ0n) is 12.5. The lowest BCUT2D eigenvalue weighted by molar-refractivity contribution is -0.136. The van der Waals surface area contributed by atoms with E-state index in [1.165, 1.54) is 18.2 Å². The number of carbonyl (C=O) groups is 2. The molecule has 0 saturated heterocycles. The number of hydrogen-bond acceptors (Lipinski definition) is 4. The van der Waals surface area contributed by atoms with Gasteiger partial charge in [-0.15, -0.1) is 0 Å². The number of amides is 1. The minimum Gasteiger partial charge on any atom is -0.481 e. The van der Waals surface area contributed by atoms with Gasteiger partial charge in [-0.05, 0) is 31.2 Å². The summed E-state index contributed by atoms with van der Waals surface area (Å²) in [6, 6.07) is 12.7. The fourth-order valence-electron chi connectivity index (χ4n) is 1.70. The van der Waals surface area contributed by atoms with Gasteiger partial charge in [0.05, 0.1) is 0 Å². The summed E-state index contributed by atoms with van der Waals surface area (Å²) in [6.45, 7) is 1.23. The highest BCUT2D eigenvalue weighted by atomic mass is 19.1. The van der Waals surface area contributed by atoms with Gasteiger partial charge in [-0.2, -0.15) is 0 Å². The van der Waals surface area contributed by atoms with E-state index in [9.17, 15) is 14.0 Å². The molecule has 6 heteroatoms. The summed E-state index contributed by atoms with van der Waals surface area (Å²) < 4.78 is 23.4. The van der Waals surface area contributed by atoms with Crippen molar-refractivity contribution in [2.45, 2.75) is 6.92 Å². The monoisotopic (exact) mass is 317 g/mol. The molecule has 120 valence electrons. The van der Waals surface area contributed by atoms with Crippen molar-refractivity contribution < 1.29 is 23.5 Å². The third-order valence-corrected chi connectivity index (χ3v) is 2.88. The molecule has 0 spiro atoms. The van der Waals surface area contributed by atoms with E-state index >= 15 is 0 Å². The van der Waals surface area contributed by atoms with Crippen molar-refractivity contribution in [1.82, 2.24) is 5.32 Å². The van der Waals surface area contributed by atoms with E-state index in [-0.39, 0.29) is 12.3 Å². The zero-order valence-corrected chi connectivity index (χ0v) is 12.5. The van der Waals surface area contributed by atoms with Crippen LogP contribution in [0.25, 0.3) is 0 Å². The molecule has 0 radical (unpaired) electrons. The lowest BCUT2D eigenvalue weighted by Gasteiger charge is -2.08. The van der Waals surface area contributed by atoms with Crippen LogP contribution in [-0.2, 0) is 9.59 Å². The molecule has 0 saturated carbocycles.